The van der Waals surface area contributed by atoms with Crippen molar-refractivity contribution in [2.75, 3.05) is 25.1 Å². The molecule has 2 aromatic heterocycles. The van der Waals surface area contributed by atoms with Crippen molar-refractivity contribution in [1.29, 1.82) is 0 Å². The lowest BCUT2D eigenvalue weighted by Crippen LogP contribution is -2.33. The molecule has 0 amide bonds. The van der Waals surface area contributed by atoms with Gasteiger partial charge in [0.25, 0.3) is 0 Å². The van der Waals surface area contributed by atoms with E-state index in [0.717, 1.165) is 49.4 Å². The van der Waals surface area contributed by atoms with Crippen LogP contribution in [0.2, 0.25) is 5.02 Å². The predicted molar refractivity (Wildman–Crippen MR) is 114 cm³/mol. The van der Waals surface area contributed by atoms with Crippen molar-refractivity contribution in [3.05, 3.63) is 52.4 Å². The normalized spacial score (nSPS) is 17.5. The minimum Gasteiger partial charge on any atom is -0.465 e. The third-order valence-corrected chi connectivity index (χ3v) is 6.59. The zero-order chi connectivity index (χ0) is 20.7. The van der Waals surface area contributed by atoms with Crippen LogP contribution in [0.4, 0.5) is 5.69 Å². The number of hydrogen-bond acceptors (Lipinski definition) is 6. The number of rotatable bonds is 5. The smallest absolute Gasteiger partial charge is 0.338 e. The first-order chi connectivity index (χ1) is 14.7. The third-order valence-electron chi connectivity index (χ3n) is 6.23. The Morgan fingerprint density at radius 1 is 1.17 bits per heavy atom. The molecule has 0 N–H and O–H groups in total. The molecule has 0 spiro atoms. The van der Waals surface area contributed by atoms with Gasteiger partial charge in [-0.3, -0.25) is 0 Å². The molecule has 1 saturated carbocycles. The maximum atomic E-state index is 12.1. The minimum absolute atomic E-state index is 0.278. The van der Waals surface area contributed by atoms with Gasteiger partial charge in [-0.2, -0.15) is 9.61 Å². The maximum Gasteiger partial charge on any atom is 0.338 e. The number of benzene rings is 1. The average Bonchev–Trinajstić information content (AvgIpc) is 3.52. The van der Waals surface area contributed by atoms with Gasteiger partial charge in [-0.25, -0.2) is 4.79 Å². The van der Waals surface area contributed by atoms with Crippen LogP contribution < -0.4 is 4.90 Å². The molecule has 7 nitrogen and oxygen atoms in total. The molecule has 8 heteroatoms. The number of aromatic nitrogens is 4. The zero-order valence-electron chi connectivity index (χ0n) is 16.9. The molecule has 0 unspecified atom stereocenters. The molecule has 1 aliphatic heterocycles. The van der Waals surface area contributed by atoms with Gasteiger partial charge >= 0.3 is 5.97 Å². The monoisotopic (exact) mass is 425 g/mol. The number of piperidine rings is 1. The fourth-order valence-corrected chi connectivity index (χ4v) is 4.65. The lowest BCUT2D eigenvalue weighted by molar-refractivity contribution is 0.0598. The van der Waals surface area contributed by atoms with Crippen LogP contribution in [0.5, 0.6) is 0 Å². The second-order valence-corrected chi connectivity index (χ2v) is 8.56. The number of halogens is 1. The number of fused-ring (bicyclic) bond motifs is 1. The topological polar surface area (TPSA) is 72.6 Å². The standard InChI is InChI=1S/C22H24ClN5O2/c1-30-22(29)17-5-3-2-4-16(17)15-8-10-27(11-9-15)18-13-24-28-19(12-14-6-7-14)25-26-21(28)20(18)23/h2-5,13-15H,6-12H2,1H3. The fraction of sp³-hybridized carbons (Fsp3) is 0.455. The molecular weight excluding hydrogens is 402 g/mol. The summed E-state index contributed by atoms with van der Waals surface area (Å²) in [5, 5.41) is 13.8. The predicted octanol–water partition coefficient (Wildman–Crippen LogP) is 3.90. The van der Waals surface area contributed by atoms with Crippen LogP contribution in [0.1, 0.15) is 53.3 Å². The zero-order valence-corrected chi connectivity index (χ0v) is 17.7. The summed E-state index contributed by atoms with van der Waals surface area (Å²) >= 11 is 6.71. The summed E-state index contributed by atoms with van der Waals surface area (Å²) in [6.45, 7) is 1.67. The van der Waals surface area contributed by atoms with Crippen LogP contribution >= 0.6 is 11.6 Å². The van der Waals surface area contributed by atoms with E-state index >= 15 is 0 Å². The Kier molecular flexibility index (Phi) is 5.06. The number of hydrogen-bond donors (Lipinski definition) is 0. The first kappa shape index (κ1) is 19.3. The summed E-state index contributed by atoms with van der Waals surface area (Å²) in [6, 6.07) is 7.73. The van der Waals surface area contributed by atoms with Crippen molar-refractivity contribution in [3.8, 4) is 0 Å². The molecule has 0 bridgehead atoms. The van der Waals surface area contributed by atoms with E-state index in [0.29, 0.717) is 28.1 Å². The average molecular weight is 426 g/mol. The fourth-order valence-electron chi connectivity index (χ4n) is 4.36. The molecule has 2 fully saturated rings. The van der Waals surface area contributed by atoms with Gasteiger partial charge in [0.15, 0.2) is 11.5 Å². The van der Waals surface area contributed by atoms with Crippen LogP contribution in [0.25, 0.3) is 5.65 Å². The molecule has 0 atom stereocenters. The highest BCUT2D eigenvalue weighted by atomic mass is 35.5. The Morgan fingerprint density at radius 3 is 2.67 bits per heavy atom. The van der Waals surface area contributed by atoms with E-state index in [9.17, 15) is 4.79 Å². The van der Waals surface area contributed by atoms with Gasteiger partial charge in [0.1, 0.15) is 5.02 Å². The van der Waals surface area contributed by atoms with Crippen LogP contribution in [0.3, 0.4) is 0 Å². The largest absolute Gasteiger partial charge is 0.465 e. The number of methoxy groups -OCH3 is 1. The van der Waals surface area contributed by atoms with Gasteiger partial charge in [-0.15, -0.1) is 10.2 Å². The Morgan fingerprint density at radius 2 is 1.93 bits per heavy atom. The van der Waals surface area contributed by atoms with Crippen molar-refractivity contribution in [1.82, 2.24) is 19.8 Å². The Balaban J connectivity index is 1.34. The number of carbonyl (C=O) groups excluding carboxylic acids is 1. The van der Waals surface area contributed by atoms with Crippen LogP contribution in [0.15, 0.2) is 30.5 Å². The van der Waals surface area contributed by atoms with Gasteiger partial charge in [0, 0.05) is 19.5 Å². The van der Waals surface area contributed by atoms with Crippen molar-refractivity contribution in [3.63, 3.8) is 0 Å². The number of carbonyl (C=O) groups is 1. The van der Waals surface area contributed by atoms with Gasteiger partial charge in [-0.05, 0) is 49.1 Å². The lowest BCUT2D eigenvalue weighted by Gasteiger charge is -2.34. The second-order valence-electron chi connectivity index (χ2n) is 8.18. The molecular formula is C22H24ClN5O2. The quantitative estimate of drug-likeness (QED) is 0.577. The highest BCUT2D eigenvalue weighted by Gasteiger charge is 2.28. The molecule has 1 saturated heterocycles. The van der Waals surface area contributed by atoms with Crippen LogP contribution in [0, 0.1) is 5.92 Å². The highest BCUT2D eigenvalue weighted by Crippen LogP contribution is 2.36. The molecule has 3 aromatic rings. The van der Waals surface area contributed by atoms with Crippen molar-refractivity contribution < 1.29 is 9.53 Å². The van der Waals surface area contributed by atoms with E-state index in [2.05, 4.69) is 20.2 Å². The van der Waals surface area contributed by atoms with E-state index in [1.54, 1.807) is 4.52 Å². The lowest BCUT2D eigenvalue weighted by atomic mass is 9.86. The number of nitrogens with zero attached hydrogens (tertiary/aromatic N) is 5. The molecule has 1 aliphatic carbocycles. The Hall–Kier alpha value is -2.67. The molecule has 2 aliphatic rings. The SMILES string of the molecule is COC(=O)c1ccccc1C1CCN(c2cnn3c(CC4CC4)nnc3c2Cl)CC1. The van der Waals surface area contributed by atoms with Gasteiger partial charge in [-0.1, -0.05) is 29.8 Å². The van der Waals surface area contributed by atoms with E-state index < -0.39 is 0 Å². The second kappa shape index (κ2) is 7.87. The van der Waals surface area contributed by atoms with Gasteiger partial charge in [0.2, 0.25) is 0 Å². The van der Waals surface area contributed by atoms with Gasteiger partial charge in [0.05, 0.1) is 24.6 Å². The molecule has 0 radical (unpaired) electrons. The Bertz CT molecular complexity index is 1090. The first-order valence-electron chi connectivity index (χ1n) is 10.5. The van der Waals surface area contributed by atoms with E-state index in [4.69, 9.17) is 16.3 Å². The van der Waals surface area contributed by atoms with E-state index in [1.165, 1.54) is 20.0 Å². The number of esters is 1. The summed E-state index contributed by atoms with van der Waals surface area (Å²) in [6.07, 6.45) is 7.11. The Labute approximate surface area is 180 Å². The molecule has 156 valence electrons. The van der Waals surface area contributed by atoms with Crippen LogP contribution in [-0.2, 0) is 11.2 Å². The van der Waals surface area contributed by atoms with E-state index in [1.807, 2.05) is 30.5 Å². The molecule has 30 heavy (non-hydrogen) atoms. The maximum absolute atomic E-state index is 12.1. The van der Waals surface area contributed by atoms with Crippen molar-refractivity contribution in [2.45, 2.75) is 38.0 Å². The summed E-state index contributed by atoms with van der Waals surface area (Å²) < 4.78 is 6.74. The third kappa shape index (κ3) is 3.51. The summed E-state index contributed by atoms with van der Waals surface area (Å²) in [5.41, 5.74) is 3.24. The molecule has 3 heterocycles. The van der Waals surface area contributed by atoms with E-state index in [-0.39, 0.29) is 5.97 Å². The first-order valence-corrected chi connectivity index (χ1v) is 10.8. The minimum atomic E-state index is -0.278. The van der Waals surface area contributed by atoms with Crippen molar-refractivity contribution >= 4 is 28.9 Å². The summed E-state index contributed by atoms with van der Waals surface area (Å²) in [4.78, 5) is 14.4. The molecule has 1 aromatic carbocycles. The molecule has 5 rings (SSSR count). The van der Waals surface area contributed by atoms with Gasteiger partial charge < -0.3 is 9.64 Å². The summed E-state index contributed by atoms with van der Waals surface area (Å²) in [5.74, 6) is 1.63. The number of anilines is 1. The number of ether oxygens (including phenoxy) is 1. The highest BCUT2D eigenvalue weighted by molar-refractivity contribution is 6.36. The van der Waals surface area contributed by atoms with Crippen LogP contribution in [-0.4, -0.2) is 46.0 Å². The van der Waals surface area contributed by atoms with Crippen molar-refractivity contribution in [2.24, 2.45) is 5.92 Å². The summed E-state index contributed by atoms with van der Waals surface area (Å²) in [7, 11) is 1.42.